The van der Waals surface area contributed by atoms with Gasteiger partial charge in [0.25, 0.3) is 0 Å². The van der Waals surface area contributed by atoms with Crippen LogP contribution in [0.3, 0.4) is 0 Å². The van der Waals surface area contributed by atoms with Crippen LogP contribution in [0.1, 0.15) is 12.7 Å². The van der Waals surface area contributed by atoms with Gasteiger partial charge < -0.3 is 9.73 Å². The number of hydrogen-bond acceptors (Lipinski definition) is 4. The van der Waals surface area contributed by atoms with Gasteiger partial charge in [-0.2, -0.15) is 0 Å². The molecule has 0 aromatic carbocycles. The molecule has 0 spiro atoms. The number of pyridine rings is 1. The van der Waals surface area contributed by atoms with Crippen LogP contribution in [0.2, 0.25) is 0 Å². The molecule has 0 radical (unpaired) electrons. The van der Waals surface area contributed by atoms with Crippen molar-refractivity contribution < 1.29 is 4.42 Å². The molecule has 2 rings (SSSR count). The maximum absolute atomic E-state index is 5.65. The summed E-state index contributed by atoms with van der Waals surface area (Å²) in [4.78, 5) is 8.27. The lowest BCUT2D eigenvalue weighted by molar-refractivity contribution is 0.479. The minimum absolute atomic E-state index is 0.384. The molecular formula is C12H15N3O. The van der Waals surface area contributed by atoms with Gasteiger partial charge in [0.1, 0.15) is 5.76 Å². The van der Waals surface area contributed by atoms with Crippen LogP contribution < -0.4 is 5.32 Å². The summed E-state index contributed by atoms with van der Waals surface area (Å²) in [5.41, 5.74) is 0.908. The molecule has 0 amide bonds. The Morgan fingerprint density at radius 3 is 3.00 bits per heavy atom. The molecule has 1 atom stereocenters. The number of nitrogens with one attached hydrogen (secondary N) is 1. The summed E-state index contributed by atoms with van der Waals surface area (Å²) >= 11 is 0. The lowest BCUT2D eigenvalue weighted by Crippen LogP contribution is -2.23. The summed E-state index contributed by atoms with van der Waals surface area (Å²) in [7, 11) is 1.93. The van der Waals surface area contributed by atoms with Crippen molar-refractivity contribution in [2.24, 2.45) is 0 Å². The molecule has 0 aliphatic carbocycles. The molecule has 0 aliphatic heterocycles. The Hall–Kier alpha value is -1.68. The standard InChI is InChI=1S/C12H15N3O/c1-9(13-2)6-11-8-15-12(16-11)10-4-3-5-14-7-10/h3-5,7-9,13H,6H2,1-2H3. The van der Waals surface area contributed by atoms with Crippen LogP contribution in [0.5, 0.6) is 0 Å². The molecular weight excluding hydrogens is 202 g/mol. The minimum atomic E-state index is 0.384. The Balaban J connectivity index is 2.14. The average Bonchev–Trinajstić information content (AvgIpc) is 2.78. The summed E-state index contributed by atoms with van der Waals surface area (Å²) in [5, 5.41) is 3.16. The van der Waals surface area contributed by atoms with E-state index >= 15 is 0 Å². The first kappa shape index (κ1) is 10.8. The van der Waals surface area contributed by atoms with E-state index in [4.69, 9.17) is 4.42 Å². The highest BCUT2D eigenvalue weighted by Gasteiger charge is 2.08. The van der Waals surface area contributed by atoms with Gasteiger partial charge in [-0.15, -0.1) is 0 Å². The Morgan fingerprint density at radius 2 is 2.31 bits per heavy atom. The van der Waals surface area contributed by atoms with E-state index in [0.717, 1.165) is 17.7 Å². The van der Waals surface area contributed by atoms with E-state index in [9.17, 15) is 0 Å². The number of rotatable bonds is 4. The van der Waals surface area contributed by atoms with Crippen molar-refractivity contribution in [2.45, 2.75) is 19.4 Å². The average molecular weight is 217 g/mol. The van der Waals surface area contributed by atoms with Crippen molar-refractivity contribution in [1.29, 1.82) is 0 Å². The van der Waals surface area contributed by atoms with E-state index in [-0.39, 0.29) is 0 Å². The Bertz CT molecular complexity index is 439. The first-order valence-electron chi connectivity index (χ1n) is 5.32. The second-order valence-electron chi connectivity index (χ2n) is 3.77. The van der Waals surface area contributed by atoms with Crippen LogP contribution in [0.4, 0.5) is 0 Å². The lowest BCUT2D eigenvalue weighted by atomic mass is 10.2. The molecule has 0 aliphatic rings. The highest BCUT2D eigenvalue weighted by Crippen LogP contribution is 2.18. The zero-order valence-electron chi connectivity index (χ0n) is 9.47. The van der Waals surface area contributed by atoms with Gasteiger partial charge in [0.15, 0.2) is 0 Å². The fourth-order valence-corrected chi connectivity index (χ4v) is 1.43. The normalized spacial score (nSPS) is 12.6. The third-order valence-corrected chi connectivity index (χ3v) is 2.46. The van der Waals surface area contributed by atoms with Crippen LogP contribution >= 0.6 is 0 Å². The molecule has 2 aromatic rings. The summed E-state index contributed by atoms with van der Waals surface area (Å²) in [6.45, 7) is 2.10. The third-order valence-electron chi connectivity index (χ3n) is 2.46. The van der Waals surface area contributed by atoms with Gasteiger partial charge in [-0.3, -0.25) is 4.98 Å². The lowest BCUT2D eigenvalue weighted by Gasteiger charge is -2.05. The topological polar surface area (TPSA) is 51.0 Å². The second-order valence-corrected chi connectivity index (χ2v) is 3.77. The van der Waals surface area contributed by atoms with Crippen LogP contribution in [0.25, 0.3) is 11.5 Å². The fourth-order valence-electron chi connectivity index (χ4n) is 1.43. The van der Waals surface area contributed by atoms with E-state index in [2.05, 4.69) is 22.2 Å². The number of hydrogen-bond donors (Lipinski definition) is 1. The number of likely N-dealkylation sites (N-methyl/N-ethyl adjacent to an activating group) is 1. The number of oxazole rings is 1. The van der Waals surface area contributed by atoms with E-state index in [1.54, 1.807) is 18.6 Å². The molecule has 16 heavy (non-hydrogen) atoms. The molecule has 0 bridgehead atoms. The van der Waals surface area contributed by atoms with Crippen molar-refractivity contribution >= 4 is 0 Å². The molecule has 1 unspecified atom stereocenters. The Kier molecular flexibility index (Phi) is 3.31. The maximum atomic E-state index is 5.65. The predicted octanol–water partition coefficient (Wildman–Crippen LogP) is 1.89. The molecule has 4 heteroatoms. The quantitative estimate of drug-likeness (QED) is 0.849. The molecule has 0 saturated heterocycles. The highest BCUT2D eigenvalue weighted by atomic mass is 16.4. The molecule has 2 aromatic heterocycles. The fraction of sp³-hybridized carbons (Fsp3) is 0.333. The summed E-state index contributed by atoms with van der Waals surface area (Å²) in [6, 6.07) is 4.19. The van der Waals surface area contributed by atoms with Crippen molar-refractivity contribution in [3.63, 3.8) is 0 Å². The van der Waals surface area contributed by atoms with E-state index in [1.165, 1.54) is 0 Å². The zero-order valence-corrected chi connectivity index (χ0v) is 9.47. The second kappa shape index (κ2) is 4.90. The third kappa shape index (κ3) is 2.46. The SMILES string of the molecule is CNC(C)Cc1cnc(-c2cccnc2)o1. The van der Waals surface area contributed by atoms with Gasteiger partial charge in [0, 0.05) is 24.9 Å². The van der Waals surface area contributed by atoms with Gasteiger partial charge in [-0.25, -0.2) is 4.98 Å². The highest BCUT2D eigenvalue weighted by molar-refractivity contribution is 5.50. The molecule has 1 N–H and O–H groups in total. The van der Waals surface area contributed by atoms with Gasteiger partial charge in [0.05, 0.1) is 11.8 Å². The molecule has 2 heterocycles. The predicted molar refractivity (Wildman–Crippen MR) is 62.0 cm³/mol. The van der Waals surface area contributed by atoms with Gasteiger partial charge in [-0.05, 0) is 26.1 Å². The van der Waals surface area contributed by atoms with Gasteiger partial charge in [0.2, 0.25) is 5.89 Å². The van der Waals surface area contributed by atoms with Crippen molar-refractivity contribution in [3.8, 4) is 11.5 Å². The Labute approximate surface area is 94.7 Å². The van der Waals surface area contributed by atoms with Crippen LogP contribution in [-0.4, -0.2) is 23.1 Å². The first-order chi connectivity index (χ1) is 7.79. The van der Waals surface area contributed by atoms with Crippen molar-refractivity contribution in [3.05, 3.63) is 36.5 Å². The van der Waals surface area contributed by atoms with Crippen molar-refractivity contribution in [1.82, 2.24) is 15.3 Å². The minimum Gasteiger partial charge on any atom is -0.441 e. The monoisotopic (exact) mass is 217 g/mol. The molecule has 84 valence electrons. The molecule has 4 nitrogen and oxygen atoms in total. The summed E-state index contributed by atoms with van der Waals surface area (Å²) in [5.74, 6) is 1.52. The van der Waals surface area contributed by atoms with Crippen LogP contribution in [0.15, 0.2) is 35.1 Å². The van der Waals surface area contributed by atoms with E-state index in [1.807, 2.05) is 19.2 Å². The number of nitrogens with zero attached hydrogens (tertiary/aromatic N) is 2. The maximum Gasteiger partial charge on any atom is 0.227 e. The van der Waals surface area contributed by atoms with E-state index < -0.39 is 0 Å². The smallest absolute Gasteiger partial charge is 0.227 e. The summed E-state index contributed by atoms with van der Waals surface area (Å²) < 4.78 is 5.65. The van der Waals surface area contributed by atoms with Crippen molar-refractivity contribution in [2.75, 3.05) is 7.05 Å². The van der Waals surface area contributed by atoms with Crippen LogP contribution in [-0.2, 0) is 6.42 Å². The first-order valence-corrected chi connectivity index (χ1v) is 5.32. The number of aromatic nitrogens is 2. The van der Waals surface area contributed by atoms with E-state index in [0.29, 0.717) is 11.9 Å². The summed E-state index contributed by atoms with van der Waals surface area (Å²) in [6.07, 6.45) is 6.09. The largest absolute Gasteiger partial charge is 0.441 e. The van der Waals surface area contributed by atoms with Crippen LogP contribution in [0, 0.1) is 0 Å². The molecule has 0 saturated carbocycles. The molecule has 0 fully saturated rings. The van der Waals surface area contributed by atoms with Gasteiger partial charge >= 0.3 is 0 Å². The zero-order chi connectivity index (χ0) is 11.4. The Morgan fingerprint density at radius 1 is 1.44 bits per heavy atom. The van der Waals surface area contributed by atoms with Gasteiger partial charge in [-0.1, -0.05) is 0 Å².